The summed E-state index contributed by atoms with van der Waals surface area (Å²) in [5.41, 5.74) is 1.12. The fraction of sp³-hybridized carbons (Fsp3) is 0.538. The first kappa shape index (κ1) is 12.6. The lowest BCUT2D eigenvalue weighted by atomic mass is 9.80. The Balaban J connectivity index is 2.00. The lowest BCUT2D eigenvalue weighted by Crippen LogP contribution is -2.41. The summed E-state index contributed by atoms with van der Waals surface area (Å²) in [6.45, 7) is 8.17. The summed E-state index contributed by atoms with van der Waals surface area (Å²) in [5, 5.41) is 0. The third kappa shape index (κ3) is 1.78. The van der Waals surface area contributed by atoms with E-state index in [1.807, 2.05) is 27.7 Å². The second-order valence-electron chi connectivity index (χ2n) is 5.89. The van der Waals surface area contributed by atoms with Crippen molar-refractivity contribution in [1.29, 1.82) is 0 Å². The van der Waals surface area contributed by atoms with Gasteiger partial charge in [0.2, 0.25) is 0 Å². The number of esters is 1. The van der Waals surface area contributed by atoms with Crippen molar-refractivity contribution in [2.45, 2.75) is 45.5 Å². The zero-order valence-corrected chi connectivity index (χ0v) is 11.5. The van der Waals surface area contributed by atoms with Crippen LogP contribution in [0.3, 0.4) is 0 Å². The summed E-state index contributed by atoms with van der Waals surface area (Å²) in [4.78, 5) is 15.9. The third-order valence-electron chi connectivity index (χ3n) is 4.13. The molecule has 0 N–H and O–H groups in total. The molecule has 1 aromatic rings. The molecule has 0 atom stereocenters. The fourth-order valence-corrected chi connectivity index (χ4v) is 2.22. The van der Waals surface area contributed by atoms with E-state index in [0.29, 0.717) is 11.2 Å². The van der Waals surface area contributed by atoms with Crippen LogP contribution in [-0.2, 0) is 20.7 Å². The normalized spacial score (nSPS) is 23.4. The van der Waals surface area contributed by atoms with Gasteiger partial charge in [-0.15, -0.1) is 0 Å². The first-order chi connectivity index (χ1) is 8.82. The van der Waals surface area contributed by atoms with Crippen LogP contribution in [0.2, 0.25) is 0 Å². The minimum absolute atomic E-state index is 0.238. The standard InChI is InChI=1S/C13H16BNO4/c1-12(2)13(3,4)19-14(18-12)10-9-7-17-11(16)8(9)5-6-15-10/h5-6H,7H2,1-4H3. The molecule has 2 aliphatic rings. The predicted molar refractivity (Wildman–Crippen MR) is 69.1 cm³/mol. The Kier molecular flexibility index (Phi) is 2.53. The molecule has 3 rings (SSSR count). The first-order valence-electron chi connectivity index (χ1n) is 6.32. The number of carbonyl (C=O) groups excluding carboxylic acids is 1. The highest BCUT2D eigenvalue weighted by Gasteiger charge is 2.53. The molecular formula is C13H16BNO4. The number of aromatic nitrogens is 1. The second kappa shape index (κ2) is 3.80. The number of hydrogen-bond acceptors (Lipinski definition) is 5. The maximum absolute atomic E-state index is 11.6. The van der Waals surface area contributed by atoms with Gasteiger partial charge in [0.05, 0.1) is 22.4 Å². The molecule has 0 saturated carbocycles. The number of cyclic esters (lactones) is 1. The molecule has 1 saturated heterocycles. The van der Waals surface area contributed by atoms with Gasteiger partial charge < -0.3 is 14.0 Å². The highest BCUT2D eigenvalue weighted by atomic mass is 16.7. The Labute approximate surface area is 112 Å². The number of rotatable bonds is 1. The Morgan fingerprint density at radius 1 is 1.21 bits per heavy atom. The van der Waals surface area contributed by atoms with E-state index in [1.54, 1.807) is 12.3 Å². The smallest absolute Gasteiger partial charge is 0.457 e. The van der Waals surface area contributed by atoms with E-state index >= 15 is 0 Å². The van der Waals surface area contributed by atoms with Gasteiger partial charge in [0.25, 0.3) is 0 Å². The highest BCUT2D eigenvalue weighted by molar-refractivity contribution is 6.61. The molecule has 5 nitrogen and oxygen atoms in total. The van der Waals surface area contributed by atoms with E-state index in [9.17, 15) is 4.79 Å². The molecule has 0 bridgehead atoms. The molecule has 0 amide bonds. The largest absolute Gasteiger partial charge is 0.514 e. The van der Waals surface area contributed by atoms with Crippen molar-refractivity contribution in [1.82, 2.24) is 4.98 Å². The molecule has 0 spiro atoms. The van der Waals surface area contributed by atoms with Gasteiger partial charge in [0, 0.05) is 11.8 Å². The van der Waals surface area contributed by atoms with Gasteiger partial charge in [-0.25, -0.2) is 4.79 Å². The maximum Gasteiger partial charge on any atom is 0.514 e. The lowest BCUT2D eigenvalue weighted by molar-refractivity contribution is 0.00578. The van der Waals surface area contributed by atoms with Crippen molar-refractivity contribution >= 4 is 18.7 Å². The Hall–Kier alpha value is -1.40. The van der Waals surface area contributed by atoms with Crippen molar-refractivity contribution in [3.05, 3.63) is 23.4 Å². The maximum atomic E-state index is 11.6. The summed E-state index contributed by atoms with van der Waals surface area (Å²) in [5.74, 6) is -0.310. The van der Waals surface area contributed by atoms with Gasteiger partial charge >= 0.3 is 13.1 Å². The zero-order chi connectivity index (χ0) is 13.8. The summed E-state index contributed by atoms with van der Waals surface area (Å²) in [6, 6.07) is 1.67. The van der Waals surface area contributed by atoms with E-state index in [1.165, 1.54) is 0 Å². The Bertz CT molecular complexity index is 540. The molecule has 6 heteroatoms. The summed E-state index contributed by atoms with van der Waals surface area (Å²) in [7, 11) is -0.561. The molecule has 1 aromatic heterocycles. The SMILES string of the molecule is CC1(C)OB(c2nccc3c2COC3=O)OC1(C)C. The molecule has 100 valence electrons. The van der Waals surface area contributed by atoms with E-state index < -0.39 is 18.3 Å². The number of fused-ring (bicyclic) bond motifs is 1. The minimum atomic E-state index is -0.561. The Morgan fingerprint density at radius 3 is 2.47 bits per heavy atom. The molecule has 19 heavy (non-hydrogen) atoms. The topological polar surface area (TPSA) is 57.7 Å². The van der Waals surface area contributed by atoms with Gasteiger partial charge in [-0.05, 0) is 33.8 Å². The van der Waals surface area contributed by atoms with Crippen LogP contribution in [0.25, 0.3) is 0 Å². The predicted octanol–water partition coefficient (Wildman–Crippen LogP) is 1.05. The molecule has 1 fully saturated rings. The number of nitrogens with zero attached hydrogens (tertiary/aromatic N) is 1. The van der Waals surface area contributed by atoms with Crippen molar-refractivity contribution < 1.29 is 18.8 Å². The van der Waals surface area contributed by atoms with Crippen molar-refractivity contribution in [2.24, 2.45) is 0 Å². The van der Waals surface area contributed by atoms with Crippen LogP contribution in [-0.4, -0.2) is 29.3 Å². The zero-order valence-electron chi connectivity index (χ0n) is 11.5. The molecule has 0 radical (unpaired) electrons. The molecular weight excluding hydrogens is 245 g/mol. The first-order valence-corrected chi connectivity index (χ1v) is 6.32. The van der Waals surface area contributed by atoms with Crippen LogP contribution < -0.4 is 5.59 Å². The molecule has 2 aliphatic heterocycles. The van der Waals surface area contributed by atoms with Crippen molar-refractivity contribution in [3.63, 3.8) is 0 Å². The number of carbonyl (C=O) groups is 1. The third-order valence-corrected chi connectivity index (χ3v) is 4.13. The average Bonchev–Trinajstić information content (AvgIpc) is 2.78. The molecule has 3 heterocycles. The number of pyridine rings is 1. The van der Waals surface area contributed by atoms with Crippen LogP contribution in [0.5, 0.6) is 0 Å². The number of ether oxygens (including phenoxy) is 1. The van der Waals surface area contributed by atoms with Crippen molar-refractivity contribution in [2.75, 3.05) is 0 Å². The van der Waals surface area contributed by atoms with E-state index in [0.717, 1.165) is 5.56 Å². The summed E-state index contributed by atoms with van der Waals surface area (Å²) < 4.78 is 17.0. The van der Waals surface area contributed by atoms with Gasteiger partial charge in [0.1, 0.15) is 6.61 Å². The van der Waals surface area contributed by atoms with Crippen LogP contribution in [0, 0.1) is 0 Å². The molecule has 0 aromatic carbocycles. The highest BCUT2D eigenvalue weighted by Crippen LogP contribution is 2.36. The van der Waals surface area contributed by atoms with Gasteiger partial charge in [-0.3, -0.25) is 4.98 Å². The van der Waals surface area contributed by atoms with Crippen LogP contribution >= 0.6 is 0 Å². The number of hydrogen-bond donors (Lipinski definition) is 0. The summed E-state index contributed by atoms with van der Waals surface area (Å²) in [6.07, 6.45) is 1.59. The second-order valence-corrected chi connectivity index (χ2v) is 5.89. The molecule has 0 aliphatic carbocycles. The molecule has 0 unspecified atom stereocenters. The van der Waals surface area contributed by atoms with Gasteiger partial charge in [-0.2, -0.15) is 0 Å². The van der Waals surface area contributed by atoms with E-state index in [2.05, 4.69) is 4.98 Å². The fourth-order valence-electron chi connectivity index (χ4n) is 2.22. The Morgan fingerprint density at radius 2 is 1.84 bits per heavy atom. The van der Waals surface area contributed by atoms with E-state index in [4.69, 9.17) is 14.0 Å². The van der Waals surface area contributed by atoms with Gasteiger partial charge in [0.15, 0.2) is 0 Å². The summed E-state index contributed by atoms with van der Waals surface area (Å²) >= 11 is 0. The quantitative estimate of drug-likeness (QED) is 0.558. The van der Waals surface area contributed by atoms with Gasteiger partial charge in [-0.1, -0.05) is 0 Å². The van der Waals surface area contributed by atoms with Crippen LogP contribution in [0.4, 0.5) is 0 Å². The van der Waals surface area contributed by atoms with Crippen LogP contribution in [0.1, 0.15) is 43.6 Å². The minimum Gasteiger partial charge on any atom is -0.457 e. The van der Waals surface area contributed by atoms with Crippen molar-refractivity contribution in [3.8, 4) is 0 Å². The van der Waals surface area contributed by atoms with Crippen LogP contribution in [0.15, 0.2) is 12.3 Å². The lowest BCUT2D eigenvalue weighted by Gasteiger charge is -2.32. The van der Waals surface area contributed by atoms with E-state index in [-0.39, 0.29) is 12.6 Å². The average molecular weight is 261 g/mol. The monoisotopic (exact) mass is 261 g/mol.